The number of hydrogen-bond donors (Lipinski definition) is 3. The fraction of sp³-hybridized carbons (Fsp3) is 0.0625. The van der Waals surface area contributed by atoms with Crippen LogP contribution in [0.2, 0.25) is 0 Å². The number of aryl methyl sites for hydroxylation is 1. The van der Waals surface area contributed by atoms with Gasteiger partial charge >= 0.3 is 5.97 Å². The third-order valence-corrected chi connectivity index (χ3v) is 3.12. The number of anilines is 1. The number of benzene rings is 1. The summed E-state index contributed by atoms with van der Waals surface area (Å²) in [7, 11) is 0. The third kappa shape index (κ3) is 4.79. The lowest BCUT2D eigenvalue weighted by molar-refractivity contribution is -0.115. The molecule has 118 valence electrons. The van der Waals surface area contributed by atoms with Crippen LogP contribution < -0.4 is 10.6 Å². The van der Waals surface area contributed by atoms with E-state index in [1.165, 1.54) is 30.5 Å². The minimum atomic E-state index is -1.04. The molecule has 2 aromatic rings. The molecule has 0 aliphatic rings. The van der Waals surface area contributed by atoms with E-state index >= 15 is 0 Å². The van der Waals surface area contributed by atoms with Gasteiger partial charge in [-0.3, -0.25) is 10.1 Å². The van der Waals surface area contributed by atoms with Crippen molar-refractivity contribution in [3.05, 3.63) is 59.6 Å². The van der Waals surface area contributed by atoms with E-state index in [1.54, 1.807) is 25.1 Å². The second-order valence-electron chi connectivity index (χ2n) is 4.63. The van der Waals surface area contributed by atoms with Gasteiger partial charge in [-0.1, -0.05) is 6.07 Å². The van der Waals surface area contributed by atoms with Crippen molar-refractivity contribution in [3.63, 3.8) is 0 Å². The Morgan fingerprint density at radius 1 is 1.30 bits per heavy atom. The zero-order chi connectivity index (χ0) is 16.8. The molecule has 0 saturated carbocycles. The zero-order valence-electron chi connectivity index (χ0n) is 12.2. The number of carbonyl (C=O) groups excluding carboxylic acids is 1. The number of nitrogens with one attached hydrogen (secondary N) is 2. The molecule has 0 atom stereocenters. The van der Waals surface area contributed by atoms with Crippen molar-refractivity contribution in [3.8, 4) is 0 Å². The van der Waals surface area contributed by atoms with Crippen molar-refractivity contribution in [1.82, 2.24) is 5.32 Å². The quantitative estimate of drug-likeness (QED) is 0.590. The highest BCUT2D eigenvalue weighted by molar-refractivity contribution is 7.80. The van der Waals surface area contributed by atoms with Crippen molar-refractivity contribution in [2.45, 2.75) is 6.92 Å². The lowest BCUT2D eigenvalue weighted by Crippen LogP contribution is -2.33. The fourth-order valence-electron chi connectivity index (χ4n) is 1.74. The number of carboxylic acids is 1. The molecule has 0 fully saturated rings. The molecule has 6 nitrogen and oxygen atoms in total. The van der Waals surface area contributed by atoms with Crippen molar-refractivity contribution >= 4 is 41.0 Å². The monoisotopic (exact) mass is 330 g/mol. The largest absolute Gasteiger partial charge is 0.478 e. The molecule has 1 aromatic heterocycles. The summed E-state index contributed by atoms with van der Waals surface area (Å²) in [5.41, 5.74) is 1.45. The van der Waals surface area contributed by atoms with Crippen molar-refractivity contribution in [1.29, 1.82) is 0 Å². The fourth-order valence-corrected chi connectivity index (χ4v) is 1.95. The summed E-state index contributed by atoms with van der Waals surface area (Å²) in [4.78, 5) is 22.7. The average Bonchev–Trinajstić information content (AvgIpc) is 3.00. The highest BCUT2D eigenvalue weighted by atomic mass is 32.1. The Morgan fingerprint density at radius 2 is 2.09 bits per heavy atom. The van der Waals surface area contributed by atoms with E-state index in [0.29, 0.717) is 11.4 Å². The van der Waals surface area contributed by atoms with Crippen LogP contribution in [-0.2, 0) is 4.79 Å². The van der Waals surface area contributed by atoms with Gasteiger partial charge in [0.2, 0.25) is 5.91 Å². The number of carbonyl (C=O) groups is 2. The zero-order valence-corrected chi connectivity index (χ0v) is 13.0. The van der Waals surface area contributed by atoms with Crippen LogP contribution >= 0.6 is 12.2 Å². The number of furan rings is 1. The summed E-state index contributed by atoms with van der Waals surface area (Å²) < 4.78 is 5.06. The van der Waals surface area contributed by atoms with E-state index < -0.39 is 11.9 Å². The first-order chi connectivity index (χ1) is 11.0. The molecule has 1 amide bonds. The Bertz CT molecular complexity index is 766. The van der Waals surface area contributed by atoms with Crippen molar-refractivity contribution < 1.29 is 19.1 Å². The van der Waals surface area contributed by atoms with Crippen LogP contribution in [0.5, 0.6) is 0 Å². The first kappa shape index (κ1) is 16.4. The van der Waals surface area contributed by atoms with Gasteiger partial charge in [0.15, 0.2) is 5.11 Å². The summed E-state index contributed by atoms with van der Waals surface area (Å²) in [6, 6.07) is 8.03. The van der Waals surface area contributed by atoms with Crippen molar-refractivity contribution in [2.75, 3.05) is 5.32 Å². The van der Waals surface area contributed by atoms with Crippen LogP contribution in [0.15, 0.2) is 47.1 Å². The maximum atomic E-state index is 11.7. The standard InChI is InChI=1S/C16H14N2O4S/c1-10-4-5-11(15(20)21)9-13(10)17-16(23)18-14(19)7-6-12-3-2-8-22-12/h2-9H,1H3,(H,20,21)(H2,17,18,19,23). The molecule has 0 saturated heterocycles. The van der Waals surface area contributed by atoms with Gasteiger partial charge in [-0.2, -0.15) is 0 Å². The number of hydrogen-bond acceptors (Lipinski definition) is 4. The molecule has 3 N–H and O–H groups in total. The van der Waals surface area contributed by atoms with Crippen LogP contribution in [0.25, 0.3) is 6.08 Å². The first-order valence-electron chi connectivity index (χ1n) is 6.63. The molecular formula is C16H14N2O4S. The van der Waals surface area contributed by atoms with Gasteiger partial charge in [0.05, 0.1) is 11.8 Å². The molecule has 0 radical (unpaired) electrons. The molecule has 0 bridgehead atoms. The molecule has 1 heterocycles. The van der Waals surface area contributed by atoms with Gasteiger partial charge in [-0.25, -0.2) is 4.79 Å². The average molecular weight is 330 g/mol. The Balaban J connectivity index is 1.98. The number of thiocarbonyl (C=S) groups is 1. The second kappa shape index (κ2) is 7.37. The van der Waals surface area contributed by atoms with Gasteiger partial charge in [0, 0.05) is 11.8 Å². The van der Waals surface area contributed by atoms with Gasteiger partial charge in [-0.05, 0) is 55.0 Å². The number of rotatable bonds is 4. The smallest absolute Gasteiger partial charge is 0.335 e. The Morgan fingerprint density at radius 3 is 2.74 bits per heavy atom. The van der Waals surface area contributed by atoms with E-state index in [-0.39, 0.29) is 10.7 Å². The molecule has 7 heteroatoms. The minimum absolute atomic E-state index is 0.0738. The summed E-state index contributed by atoms with van der Waals surface area (Å²) in [6.45, 7) is 1.80. The predicted molar refractivity (Wildman–Crippen MR) is 90.2 cm³/mol. The Hall–Kier alpha value is -2.93. The lowest BCUT2D eigenvalue weighted by atomic mass is 10.1. The molecule has 1 aromatic carbocycles. The molecule has 0 spiro atoms. The van der Waals surface area contributed by atoms with E-state index in [4.69, 9.17) is 21.7 Å². The molecule has 0 aliphatic heterocycles. The lowest BCUT2D eigenvalue weighted by Gasteiger charge is -2.11. The highest BCUT2D eigenvalue weighted by Gasteiger charge is 2.08. The Kier molecular flexibility index (Phi) is 5.27. The summed E-state index contributed by atoms with van der Waals surface area (Å²) >= 11 is 5.05. The summed E-state index contributed by atoms with van der Waals surface area (Å²) in [6.07, 6.45) is 4.30. The van der Waals surface area contributed by atoms with E-state index in [2.05, 4.69) is 10.6 Å². The van der Waals surface area contributed by atoms with Gasteiger partial charge in [-0.15, -0.1) is 0 Å². The van der Waals surface area contributed by atoms with Crippen LogP contribution in [-0.4, -0.2) is 22.1 Å². The van der Waals surface area contributed by atoms with Crippen molar-refractivity contribution in [2.24, 2.45) is 0 Å². The number of amides is 1. The normalized spacial score (nSPS) is 10.5. The van der Waals surface area contributed by atoms with Gasteiger partial charge < -0.3 is 14.8 Å². The maximum absolute atomic E-state index is 11.7. The third-order valence-electron chi connectivity index (χ3n) is 2.91. The van der Waals surface area contributed by atoms with Crippen LogP contribution in [0.4, 0.5) is 5.69 Å². The SMILES string of the molecule is Cc1ccc(C(=O)O)cc1NC(=S)NC(=O)C=Cc1ccco1. The minimum Gasteiger partial charge on any atom is -0.478 e. The van der Waals surface area contributed by atoms with Gasteiger partial charge in [0.25, 0.3) is 0 Å². The molecule has 0 aliphatic carbocycles. The van der Waals surface area contributed by atoms with E-state index in [9.17, 15) is 9.59 Å². The highest BCUT2D eigenvalue weighted by Crippen LogP contribution is 2.16. The predicted octanol–water partition coefficient (Wildman–Crippen LogP) is 2.81. The molecule has 23 heavy (non-hydrogen) atoms. The van der Waals surface area contributed by atoms with Gasteiger partial charge in [0.1, 0.15) is 5.76 Å². The second-order valence-corrected chi connectivity index (χ2v) is 5.04. The van der Waals surface area contributed by atoms with Crippen LogP contribution in [0, 0.1) is 6.92 Å². The number of carboxylic acid groups (broad SMARTS) is 1. The van der Waals surface area contributed by atoms with Crippen LogP contribution in [0.1, 0.15) is 21.7 Å². The maximum Gasteiger partial charge on any atom is 0.335 e. The molecular weight excluding hydrogens is 316 g/mol. The molecule has 2 rings (SSSR count). The first-order valence-corrected chi connectivity index (χ1v) is 7.04. The topological polar surface area (TPSA) is 91.6 Å². The summed E-state index contributed by atoms with van der Waals surface area (Å²) in [5.74, 6) is -0.917. The number of aromatic carboxylic acids is 1. The van der Waals surface area contributed by atoms with E-state index in [1.807, 2.05) is 0 Å². The molecule has 0 unspecified atom stereocenters. The van der Waals surface area contributed by atoms with Crippen LogP contribution in [0.3, 0.4) is 0 Å². The Labute approximate surface area is 137 Å². The summed E-state index contributed by atoms with van der Waals surface area (Å²) in [5, 5.41) is 14.3. The van der Waals surface area contributed by atoms with E-state index in [0.717, 1.165) is 5.56 Å².